The summed E-state index contributed by atoms with van der Waals surface area (Å²) in [4.78, 5) is 8.77. The number of hydrogen-bond acceptors (Lipinski definition) is 6. The molecule has 0 atom stereocenters. The highest BCUT2D eigenvalue weighted by atomic mass is 16.3. The number of rotatable bonds is 6. The molecule has 0 saturated carbocycles. The van der Waals surface area contributed by atoms with Gasteiger partial charge in [0.2, 0.25) is 5.95 Å². The van der Waals surface area contributed by atoms with Crippen LogP contribution >= 0.6 is 0 Å². The van der Waals surface area contributed by atoms with Gasteiger partial charge < -0.3 is 19.5 Å². The van der Waals surface area contributed by atoms with Crippen molar-refractivity contribution in [2.75, 3.05) is 10.6 Å². The highest BCUT2D eigenvalue weighted by Gasteiger charge is 2.04. The fraction of sp³-hybridized carbons (Fsp3) is 0.200. The number of nitrogens with one attached hydrogen (secondary N) is 2. The molecule has 3 aromatic heterocycles. The lowest BCUT2D eigenvalue weighted by Gasteiger charge is -2.08. The molecule has 21 heavy (non-hydrogen) atoms. The van der Waals surface area contributed by atoms with Crippen molar-refractivity contribution in [1.29, 1.82) is 0 Å². The van der Waals surface area contributed by atoms with Gasteiger partial charge in [-0.25, -0.2) is 4.98 Å². The summed E-state index contributed by atoms with van der Waals surface area (Å²) >= 11 is 0. The zero-order valence-corrected chi connectivity index (χ0v) is 11.7. The van der Waals surface area contributed by atoms with Gasteiger partial charge in [-0.3, -0.25) is 0 Å². The summed E-state index contributed by atoms with van der Waals surface area (Å²) in [5, 5.41) is 6.36. The van der Waals surface area contributed by atoms with Crippen LogP contribution in [0.1, 0.15) is 17.2 Å². The molecule has 0 aromatic carbocycles. The summed E-state index contributed by atoms with van der Waals surface area (Å²) < 4.78 is 10.5. The van der Waals surface area contributed by atoms with Gasteiger partial charge in [-0.15, -0.1) is 0 Å². The fourth-order valence-electron chi connectivity index (χ4n) is 1.91. The van der Waals surface area contributed by atoms with Crippen molar-refractivity contribution >= 4 is 11.8 Å². The number of aromatic nitrogens is 2. The Morgan fingerprint density at radius 3 is 2.24 bits per heavy atom. The number of furan rings is 2. The van der Waals surface area contributed by atoms with Crippen LogP contribution in [0.4, 0.5) is 11.8 Å². The molecule has 0 unspecified atom stereocenters. The van der Waals surface area contributed by atoms with Gasteiger partial charge in [0.05, 0.1) is 25.6 Å². The van der Waals surface area contributed by atoms with Gasteiger partial charge >= 0.3 is 0 Å². The first-order chi connectivity index (χ1) is 10.3. The van der Waals surface area contributed by atoms with Gasteiger partial charge in [0.1, 0.15) is 17.3 Å². The maximum atomic E-state index is 5.28. The first-order valence-electron chi connectivity index (χ1n) is 6.68. The van der Waals surface area contributed by atoms with Crippen molar-refractivity contribution < 1.29 is 8.83 Å². The van der Waals surface area contributed by atoms with Crippen molar-refractivity contribution in [2.45, 2.75) is 20.0 Å². The minimum Gasteiger partial charge on any atom is -0.467 e. The topological polar surface area (TPSA) is 76.1 Å². The maximum Gasteiger partial charge on any atom is 0.225 e. The number of anilines is 2. The molecule has 108 valence electrons. The number of nitrogens with zero attached hydrogens (tertiary/aromatic N) is 2. The molecular weight excluding hydrogens is 268 g/mol. The molecule has 2 N–H and O–H groups in total. The zero-order chi connectivity index (χ0) is 14.5. The van der Waals surface area contributed by atoms with Crippen LogP contribution in [0.3, 0.4) is 0 Å². The van der Waals surface area contributed by atoms with Crippen molar-refractivity contribution in [3.63, 3.8) is 0 Å². The maximum absolute atomic E-state index is 5.28. The van der Waals surface area contributed by atoms with Gasteiger partial charge in [-0.2, -0.15) is 4.98 Å². The second-order valence-corrected chi connectivity index (χ2v) is 4.58. The molecule has 0 aliphatic carbocycles. The minimum atomic E-state index is 0.550. The summed E-state index contributed by atoms with van der Waals surface area (Å²) in [5.41, 5.74) is 0.883. The van der Waals surface area contributed by atoms with E-state index in [-0.39, 0.29) is 0 Å². The molecule has 3 heterocycles. The lowest BCUT2D eigenvalue weighted by atomic mass is 10.4. The molecule has 0 radical (unpaired) electrons. The Balaban J connectivity index is 1.64. The predicted molar refractivity (Wildman–Crippen MR) is 78.8 cm³/mol. The summed E-state index contributed by atoms with van der Waals surface area (Å²) in [5.74, 6) is 3.01. The van der Waals surface area contributed by atoms with Crippen LogP contribution in [0.2, 0.25) is 0 Å². The predicted octanol–water partition coefficient (Wildman–Crippen LogP) is 3.20. The van der Waals surface area contributed by atoms with Crippen LogP contribution in [0.25, 0.3) is 0 Å². The molecule has 0 saturated heterocycles. The lowest BCUT2D eigenvalue weighted by Crippen LogP contribution is -2.07. The largest absolute Gasteiger partial charge is 0.467 e. The normalized spacial score (nSPS) is 10.5. The van der Waals surface area contributed by atoms with E-state index in [1.165, 1.54) is 0 Å². The Kier molecular flexibility index (Phi) is 3.86. The number of aryl methyl sites for hydroxylation is 1. The van der Waals surface area contributed by atoms with Crippen LogP contribution in [0.15, 0.2) is 51.7 Å². The second-order valence-electron chi connectivity index (χ2n) is 4.58. The molecular formula is C15H16N4O2. The van der Waals surface area contributed by atoms with Gasteiger partial charge in [0.15, 0.2) is 0 Å². The third-order valence-corrected chi connectivity index (χ3v) is 2.88. The van der Waals surface area contributed by atoms with E-state index in [2.05, 4.69) is 20.6 Å². The second kappa shape index (κ2) is 6.13. The summed E-state index contributed by atoms with van der Waals surface area (Å²) in [6.45, 7) is 3.06. The van der Waals surface area contributed by atoms with Gasteiger partial charge in [0, 0.05) is 11.8 Å². The molecule has 0 aliphatic rings. The van der Waals surface area contributed by atoms with E-state index >= 15 is 0 Å². The van der Waals surface area contributed by atoms with Crippen LogP contribution in [0.5, 0.6) is 0 Å². The van der Waals surface area contributed by atoms with E-state index in [0.29, 0.717) is 19.0 Å². The quantitative estimate of drug-likeness (QED) is 0.724. The SMILES string of the molecule is Cc1cc(NCc2ccco2)nc(NCc2ccco2)n1. The van der Waals surface area contributed by atoms with E-state index in [1.807, 2.05) is 37.3 Å². The van der Waals surface area contributed by atoms with Crippen LogP contribution in [-0.4, -0.2) is 9.97 Å². The Labute approximate surface area is 122 Å². The van der Waals surface area contributed by atoms with Gasteiger partial charge in [-0.1, -0.05) is 0 Å². The van der Waals surface area contributed by atoms with E-state index < -0.39 is 0 Å². The smallest absolute Gasteiger partial charge is 0.225 e. The molecule has 6 nitrogen and oxygen atoms in total. The molecule has 0 spiro atoms. The highest BCUT2D eigenvalue weighted by Crippen LogP contribution is 2.12. The first kappa shape index (κ1) is 13.2. The van der Waals surface area contributed by atoms with E-state index in [9.17, 15) is 0 Å². The van der Waals surface area contributed by atoms with Crippen LogP contribution < -0.4 is 10.6 Å². The first-order valence-corrected chi connectivity index (χ1v) is 6.68. The van der Waals surface area contributed by atoms with Crippen LogP contribution in [-0.2, 0) is 13.1 Å². The molecule has 3 aromatic rings. The average Bonchev–Trinajstić information content (AvgIpc) is 3.16. The van der Waals surface area contributed by atoms with Crippen molar-refractivity contribution in [2.24, 2.45) is 0 Å². The highest BCUT2D eigenvalue weighted by molar-refractivity contribution is 5.42. The van der Waals surface area contributed by atoms with Crippen molar-refractivity contribution in [3.8, 4) is 0 Å². The van der Waals surface area contributed by atoms with Crippen molar-refractivity contribution in [1.82, 2.24) is 9.97 Å². The minimum absolute atomic E-state index is 0.550. The zero-order valence-electron chi connectivity index (χ0n) is 11.7. The van der Waals surface area contributed by atoms with E-state index in [0.717, 1.165) is 23.0 Å². The lowest BCUT2D eigenvalue weighted by molar-refractivity contribution is 0.517. The Morgan fingerprint density at radius 2 is 1.62 bits per heavy atom. The standard InChI is InChI=1S/C15H16N4O2/c1-11-8-14(16-9-12-4-2-6-20-12)19-15(18-11)17-10-13-5-3-7-21-13/h2-8H,9-10H2,1H3,(H2,16,17,18,19). The summed E-state index contributed by atoms with van der Waals surface area (Å²) in [6.07, 6.45) is 3.29. The molecule has 6 heteroatoms. The van der Waals surface area contributed by atoms with Gasteiger partial charge in [0.25, 0.3) is 0 Å². The van der Waals surface area contributed by atoms with Gasteiger partial charge in [-0.05, 0) is 31.2 Å². The van der Waals surface area contributed by atoms with E-state index in [4.69, 9.17) is 8.83 Å². The Bertz CT molecular complexity index is 621. The summed E-state index contributed by atoms with van der Waals surface area (Å²) in [7, 11) is 0. The third kappa shape index (κ3) is 3.62. The Hall–Kier alpha value is -2.76. The van der Waals surface area contributed by atoms with Crippen LogP contribution in [0, 0.1) is 6.92 Å². The fourth-order valence-corrected chi connectivity index (χ4v) is 1.91. The third-order valence-electron chi connectivity index (χ3n) is 2.88. The average molecular weight is 284 g/mol. The Morgan fingerprint density at radius 1 is 0.952 bits per heavy atom. The van der Waals surface area contributed by atoms with Crippen molar-refractivity contribution in [3.05, 3.63) is 60.1 Å². The summed E-state index contributed by atoms with van der Waals surface area (Å²) in [6, 6.07) is 9.42. The van der Waals surface area contributed by atoms with E-state index in [1.54, 1.807) is 12.5 Å². The molecule has 0 aliphatic heterocycles. The molecule has 0 bridgehead atoms. The monoisotopic (exact) mass is 284 g/mol. The number of hydrogen-bond donors (Lipinski definition) is 2. The molecule has 3 rings (SSSR count). The molecule has 0 fully saturated rings. The molecule has 0 amide bonds.